The fraction of sp³-hybridized carbons (Fsp3) is 0.167. The number of fused-ring (bicyclic) bond motifs is 1. The van der Waals surface area contributed by atoms with E-state index in [9.17, 15) is 9.59 Å². The largest absolute Gasteiger partial charge is 0.479 e. The number of nitrogens with zero attached hydrogens (tertiary/aromatic N) is 5. The predicted molar refractivity (Wildman–Crippen MR) is 97.0 cm³/mol. The van der Waals surface area contributed by atoms with Crippen molar-refractivity contribution in [3.05, 3.63) is 54.7 Å². The molecule has 0 spiro atoms. The molecule has 0 radical (unpaired) electrons. The lowest BCUT2D eigenvalue weighted by Crippen LogP contribution is -2.41. The summed E-state index contributed by atoms with van der Waals surface area (Å²) in [5, 5.41) is 10.2. The molecule has 136 valence electrons. The minimum absolute atomic E-state index is 0.144. The highest BCUT2D eigenvalue weighted by Gasteiger charge is 2.29. The van der Waals surface area contributed by atoms with Crippen LogP contribution in [-0.4, -0.2) is 44.7 Å². The molecule has 0 bridgehead atoms. The Kier molecular flexibility index (Phi) is 4.03. The van der Waals surface area contributed by atoms with Gasteiger partial charge in [-0.15, -0.1) is 10.2 Å². The SMILES string of the molecule is CC1Oc2ccc(NC(=O)c3cccc(-n4cnnc4)n3)cc2N(C)C1=O. The Balaban J connectivity index is 1.57. The van der Waals surface area contributed by atoms with Gasteiger partial charge in [-0.3, -0.25) is 14.2 Å². The van der Waals surface area contributed by atoms with Crippen molar-refractivity contribution in [2.75, 3.05) is 17.3 Å². The van der Waals surface area contributed by atoms with Crippen molar-refractivity contribution in [1.29, 1.82) is 0 Å². The van der Waals surface area contributed by atoms with Crippen LogP contribution in [0.15, 0.2) is 49.1 Å². The van der Waals surface area contributed by atoms with Crippen LogP contribution in [-0.2, 0) is 4.79 Å². The molecule has 1 aliphatic rings. The molecular weight excluding hydrogens is 348 g/mol. The molecule has 2 aromatic heterocycles. The average molecular weight is 364 g/mol. The standard InChI is InChI=1S/C18H16N6O3/c1-11-18(26)23(2)14-8-12(6-7-15(14)27-11)21-17(25)13-4-3-5-16(22-13)24-9-19-20-10-24/h3-11H,1-2H3,(H,21,25). The predicted octanol–water partition coefficient (Wildman–Crippen LogP) is 1.66. The van der Waals surface area contributed by atoms with E-state index in [0.29, 0.717) is 22.9 Å². The number of aromatic nitrogens is 4. The normalized spacial score (nSPS) is 15.9. The minimum atomic E-state index is -0.535. The molecule has 1 N–H and O–H groups in total. The molecule has 9 nitrogen and oxygen atoms in total. The second-order valence-corrected chi connectivity index (χ2v) is 6.04. The molecule has 1 unspecified atom stereocenters. The summed E-state index contributed by atoms with van der Waals surface area (Å²) in [6.45, 7) is 1.70. The van der Waals surface area contributed by atoms with E-state index in [1.165, 1.54) is 17.6 Å². The maximum absolute atomic E-state index is 12.6. The minimum Gasteiger partial charge on any atom is -0.479 e. The molecule has 2 amide bonds. The van der Waals surface area contributed by atoms with Gasteiger partial charge in [-0.2, -0.15) is 0 Å². The Hall–Kier alpha value is -3.75. The number of carbonyl (C=O) groups excluding carboxylic acids is 2. The number of carbonyl (C=O) groups is 2. The topological polar surface area (TPSA) is 102 Å². The molecule has 9 heteroatoms. The molecule has 0 aliphatic carbocycles. The Labute approximate surface area is 154 Å². The second-order valence-electron chi connectivity index (χ2n) is 6.04. The van der Waals surface area contributed by atoms with Crippen LogP contribution in [0.25, 0.3) is 5.82 Å². The molecule has 3 heterocycles. The third-order valence-electron chi connectivity index (χ3n) is 4.21. The highest BCUT2D eigenvalue weighted by atomic mass is 16.5. The highest BCUT2D eigenvalue weighted by Crippen LogP contribution is 2.35. The Morgan fingerprint density at radius 2 is 1.96 bits per heavy atom. The third kappa shape index (κ3) is 3.10. The van der Waals surface area contributed by atoms with Crippen molar-refractivity contribution in [2.24, 2.45) is 0 Å². The van der Waals surface area contributed by atoms with Gasteiger partial charge in [0.25, 0.3) is 11.8 Å². The van der Waals surface area contributed by atoms with Crippen molar-refractivity contribution >= 4 is 23.2 Å². The van der Waals surface area contributed by atoms with E-state index in [0.717, 1.165) is 0 Å². The first-order valence-corrected chi connectivity index (χ1v) is 8.24. The molecule has 3 aromatic rings. The first-order chi connectivity index (χ1) is 13.0. The molecule has 27 heavy (non-hydrogen) atoms. The fourth-order valence-electron chi connectivity index (χ4n) is 2.80. The van der Waals surface area contributed by atoms with Gasteiger partial charge in [-0.25, -0.2) is 4.98 Å². The van der Waals surface area contributed by atoms with Gasteiger partial charge in [-0.05, 0) is 37.3 Å². The van der Waals surface area contributed by atoms with E-state index in [1.54, 1.807) is 54.9 Å². The zero-order valence-corrected chi connectivity index (χ0v) is 14.7. The summed E-state index contributed by atoms with van der Waals surface area (Å²) in [6.07, 6.45) is 2.47. The molecule has 0 saturated heterocycles. The van der Waals surface area contributed by atoms with Crippen LogP contribution in [0.2, 0.25) is 0 Å². The van der Waals surface area contributed by atoms with Crippen molar-refractivity contribution in [3.63, 3.8) is 0 Å². The molecule has 4 rings (SSSR count). The molecule has 1 atom stereocenters. The number of hydrogen-bond acceptors (Lipinski definition) is 6. The summed E-state index contributed by atoms with van der Waals surface area (Å²) in [5.74, 6) is 0.611. The van der Waals surface area contributed by atoms with Crippen LogP contribution >= 0.6 is 0 Å². The Morgan fingerprint density at radius 1 is 1.19 bits per heavy atom. The van der Waals surface area contributed by atoms with Crippen LogP contribution in [0.1, 0.15) is 17.4 Å². The summed E-state index contributed by atoms with van der Waals surface area (Å²) in [7, 11) is 1.68. The van der Waals surface area contributed by atoms with Gasteiger partial charge in [0, 0.05) is 12.7 Å². The van der Waals surface area contributed by atoms with E-state index < -0.39 is 6.10 Å². The zero-order chi connectivity index (χ0) is 19.0. The van der Waals surface area contributed by atoms with Gasteiger partial charge in [0.15, 0.2) is 6.10 Å². The number of benzene rings is 1. The highest BCUT2D eigenvalue weighted by molar-refractivity contribution is 6.04. The van der Waals surface area contributed by atoms with Crippen molar-refractivity contribution in [2.45, 2.75) is 13.0 Å². The number of nitrogens with one attached hydrogen (secondary N) is 1. The summed E-state index contributed by atoms with van der Waals surface area (Å²) in [5.41, 5.74) is 1.38. The summed E-state index contributed by atoms with van der Waals surface area (Å²) >= 11 is 0. The molecule has 1 aromatic carbocycles. The maximum Gasteiger partial charge on any atom is 0.274 e. The monoisotopic (exact) mass is 364 g/mol. The van der Waals surface area contributed by atoms with Crippen LogP contribution in [0, 0.1) is 0 Å². The van der Waals surface area contributed by atoms with Crippen LogP contribution in [0.5, 0.6) is 5.75 Å². The number of amides is 2. The summed E-state index contributed by atoms with van der Waals surface area (Å²) < 4.78 is 7.19. The van der Waals surface area contributed by atoms with Gasteiger partial charge in [0.1, 0.15) is 29.9 Å². The molecule has 0 saturated carbocycles. The van der Waals surface area contributed by atoms with Gasteiger partial charge in [0.2, 0.25) is 0 Å². The number of rotatable bonds is 3. The number of ether oxygens (including phenoxy) is 1. The average Bonchev–Trinajstić information content (AvgIpc) is 3.22. The molecule has 1 aliphatic heterocycles. The smallest absolute Gasteiger partial charge is 0.274 e. The first kappa shape index (κ1) is 16.7. The zero-order valence-electron chi connectivity index (χ0n) is 14.7. The lowest BCUT2D eigenvalue weighted by molar-refractivity contribution is -0.125. The van der Waals surface area contributed by atoms with E-state index in [4.69, 9.17) is 4.74 Å². The maximum atomic E-state index is 12.6. The van der Waals surface area contributed by atoms with Crippen LogP contribution < -0.4 is 15.0 Å². The van der Waals surface area contributed by atoms with E-state index in [-0.39, 0.29) is 17.5 Å². The van der Waals surface area contributed by atoms with Crippen molar-refractivity contribution < 1.29 is 14.3 Å². The van der Waals surface area contributed by atoms with Crippen LogP contribution in [0.3, 0.4) is 0 Å². The van der Waals surface area contributed by atoms with Gasteiger partial charge < -0.3 is 15.0 Å². The fourth-order valence-corrected chi connectivity index (χ4v) is 2.80. The van der Waals surface area contributed by atoms with Gasteiger partial charge in [0.05, 0.1) is 5.69 Å². The molecule has 0 fully saturated rings. The lowest BCUT2D eigenvalue weighted by Gasteiger charge is -2.30. The summed E-state index contributed by atoms with van der Waals surface area (Å²) in [6, 6.07) is 10.2. The number of likely N-dealkylation sites (N-methyl/N-ethyl adjacent to an activating group) is 1. The first-order valence-electron chi connectivity index (χ1n) is 8.24. The number of anilines is 2. The second kappa shape index (κ2) is 6.52. The number of pyridine rings is 1. The molecular formula is C18H16N6O3. The van der Waals surface area contributed by atoms with Gasteiger partial charge >= 0.3 is 0 Å². The Morgan fingerprint density at radius 3 is 2.74 bits per heavy atom. The van der Waals surface area contributed by atoms with Crippen molar-refractivity contribution in [3.8, 4) is 11.6 Å². The van der Waals surface area contributed by atoms with Crippen LogP contribution in [0.4, 0.5) is 11.4 Å². The Bertz CT molecular complexity index is 1020. The summed E-state index contributed by atoms with van der Waals surface area (Å²) in [4.78, 5) is 30.5. The van der Waals surface area contributed by atoms with Crippen molar-refractivity contribution in [1.82, 2.24) is 19.7 Å². The number of hydrogen-bond donors (Lipinski definition) is 1. The van der Waals surface area contributed by atoms with Gasteiger partial charge in [-0.1, -0.05) is 6.07 Å². The van der Waals surface area contributed by atoms with E-state index in [1.807, 2.05) is 0 Å². The quantitative estimate of drug-likeness (QED) is 0.758. The third-order valence-corrected chi connectivity index (χ3v) is 4.21. The van der Waals surface area contributed by atoms with E-state index >= 15 is 0 Å². The lowest BCUT2D eigenvalue weighted by atomic mass is 10.2. The van der Waals surface area contributed by atoms with E-state index in [2.05, 4.69) is 20.5 Å².